The molecule has 0 spiro atoms. The van der Waals surface area contributed by atoms with Crippen molar-refractivity contribution in [3.63, 3.8) is 0 Å². The lowest BCUT2D eigenvalue weighted by Crippen LogP contribution is -2.70. The van der Waals surface area contributed by atoms with Crippen LogP contribution in [0.5, 0.6) is 0 Å². The molecule has 3 heterocycles. The number of carboxylic acids is 1. The molecule has 1 aromatic heterocycles. The summed E-state index contributed by atoms with van der Waals surface area (Å²) in [5.41, 5.74) is 1.54. The second-order valence-electron chi connectivity index (χ2n) is 6.75. The normalized spacial score (nSPS) is 20.6. The Morgan fingerprint density at radius 3 is 2.73 bits per heavy atom. The Kier molecular flexibility index (Phi) is 6.11. The van der Waals surface area contributed by atoms with Crippen molar-refractivity contribution in [2.75, 3.05) is 11.5 Å². The second kappa shape index (κ2) is 8.78. The van der Waals surface area contributed by atoms with Crippen molar-refractivity contribution < 1.29 is 19.5 Å². The van der Waals surface area contributed by atoms with Crippen LogP contribution in [0.25, 0.3) is 0 Å². The zero-order valence-electron chi connectivity index (χ0n) is 15.9. The summed E-state index contributed by atoms with van der Waals surface area (Å²) < 4.78 is 0.762. The maximum Gasteiger partial charge on any atom is 0.352 e. The van der Waals surface area contributed by atoms with Gasteiger partial charge in [0.1, 0.15) is 22.1 Å². The van der Waals surface area contributed by atoms with Crippen LogP contribution in [0, 0.1) is 6.92 Å². The molecule has 2 aliphatic heterocycles. The van der Waals surface area contributed by atoms with E-state index in [9.17, 15) is 19.5 Å². The van der Waals surface area contributed by atoms with Crippen LogP contribution < -0.4 is 5.32 Å². The second-order valence-corrected chi connectivity index (χ2v) is 10.3. The van der Waals surface area contributed by atoms with Gasteiger partial charge in [0.2, 0.25) is 5.91 Å². The maximum absolute atomic E-state index is 12.7. The van der Waals surface area contributed by atoms with Crippen LogP contribution in [-0.2, 0) is 20.8 Å². The lowest BCUT2D eigenvalue weighted by molar-refractivity contribution is -0.150. The van der Waals surface area contributed by atoms with E-state index in [1.165, 1.54) is 39.8 Å². The Bertz CT molecular complexity index is 1020. The average Bonchev–Trinajstić information content (AvgIpc) is 3.15. The third kappa shape index (κ3) is 4.23. The summed E-state index contributed by atoms with van der Waals surface area (Å²) in [6.07, 6.45) is 0.173. The Labute approximate surface area is 185 Å². The molecule has 0 saturated carbocycles. The van der Waals surface area contributed by atoms with Crippen LogP contribution in [0.4, 0.5) is 0 Å². The zero-order valence-corrected chi connectivity index (χ0v) is 18.4. The van der Waals surface area contributed by atoms with Crippen LogP contribution in [0.1, 0.15) is 10.6 Å². The van der Waals surface area contributed by atoms with E-state index >= 15 is 0 Å². The van der Waals surface area contributed by atoms with Crippen molar-refractivity contribution in [2.45, 2.75) is 29.1 Å². The highest BCUT2D eigenvalue weighted by molar-refractivity contribution is 8.01. The summed E-state index contributed by atoms with van der Waals surface area (Å²) in [5, 5.41) is 20.9. The molecule has 2 aliphatic rings. The molecule has 0 radical (unpaired) electrons. The van der Waals surface area contributed by atoms with Crippen LogP contribution in [0.2, 0.25) is 0 Å². The molecule has 11 heteroatoms. The van der Waals surface area contributed by atoms with Gasteiger partial charge in [0.25, 0.3) is 5.91 Å². The molecule has 0 aliphatic carbocycles. The van der Waals surface area contributed by atoms with Gasteiger partial charge in [-0.05, 0) is 18.1 Å². The van der Waals surface area contributed by atoms with Gasteiger partial charge >= 0.3 is 5.97 Å². The van der Waals surface area contributed by atoms with E-state index in [1.807, 2.05) is 37.3 Å². The number of hydrogen-bond donors (Lipinski definition) is 2. The van der Waals surface area contributed by atoms with Gasteiger partial charge in [-0.1, -0.05) is 53.4 Å². The highest BCUT2D eigenvalue weighted by Crippen LogP contribution is 2.41. The number of β-lactam (4-membered cyclic amide) rings is 1. The standard InChI is InChI=1S/C19H18N4O4S3/c1-10-21-22-19(30-10)29-9-12-8-28-17-14(16(25)23(17)15(12)18(26)27)20-13(24)7-11-5-3-2-4-6-11/h2-6,14,17H,7-9H2,1H3,(H,20,24)(H,26,27). The zero-order chi connectivity index (χ0) is 21.3. The van der Waals surface area contributed by atoms with Gasteiger partial charge in [-0.3, -0.25) is 14.5 Å². The Balaban J connectivity index is 1.43. The van der Waals surface area contributed by atoms with Crippen molar-refractivity contribution in [3.8, 4) is 0 Å². The monoisotopic (exact) mass is 462 g/mol. The molecule has 2 aromatic rings. The van der Waals surface area contributed by atoms with E-state index in [-0.39, 0.29) is 23.9 Å². The van der Waals surface area contributed by atoms with Crippen molar-refractivity contribution in [3.05, 3.63) is 52.2 Å². The molecule has 8 nitrogen and oxygen atoms in total. The van der Waals surface area contributed by atoms with Gasteiger partial charge in [0.15, 0.2) is 4.34 Å². The first-order valence-electron chi connectivity index (χ1n) is 9.10. The Hall–Kier alpha value is -2.37. The third-order valence-electron chi connectivity index (χ3n) is 4.65. The number of benzene rings is 1. The molecule has 1 saturated heterocycles. The van der Waals surface area contributed by atoms with Crippen LogP contribution in [0.15, 0.2) is 45.9 Å². The maximum atomic E-state index is 12.7. The highest BCUT2D eigenvalue weighted by atomic mass is 32.2. The minimum Gasteiger partial charge on any atom is -0.477 e. The number of carboxylic acid groups (broad SMARTS) is 1. The molecule has 4 rings (SSSR count). The number of aryl methyl sites for hydroxylation is 1. The van der Waals surface area contributed by atoms with Crippen molar-refractivity contribution >= 4 is 52.6 Å². The summed E-state index contributed by atoms with van der Waals surface area (Å²) >= 11 is 4.32. The fraction of sp³-hybridized carbons (Fsp3) is 0.316. The van der Waals surface area contributed by atoms with Gasteiger partial charge in [-0.25, -0.2) is 4.79 Å². The van der Waals surface area contributed by atoms with E-state index in [4.69, 9.17) is 0 Å². The van der Waals surface area contributed by atoms with Gasteiger partial charge < -0.3 is 10.4 Å². The molecule has 30 heavy (non-hydrogen) atoms. The van der Waals surface area contributed by atoms with E-state index in [1.54, 1.807) is 0 Å². The summed E-state index contributed by atoms with van der Waals surface area (Å²) in [6.45, 7) is 1.86. The fourth-order valence-electron chi connectivity index (χ4n) is 3.29. The molecule has 0 bridgehead atoms. The smallest absolute Gasteiger partial charge is 0.352 e. The van der Waals surface area contributed by atoms with Crippen molar-refractivity contribution in [2.24, 2.45) is 0 Å². The molecule has 2 atom stereocenters. The average molecular weight is 463 g/mol. The Morgan fingerprint density at radius 1 is 1.30 bits per heavy atom. The summed E-state index contributed by atoms with van der Waals surface area (Å²) in [7, 11) is 0. The number of hydrogen-bond acceptors (Lipinski definition) is 8. The lowest BCUT2D eigenvalue weighted by atomic mass is 10.0. The van der Waals surface area contributed by atoms with E-state index in [0.717, 1.165) is 14.9 Å². The van der Waals surface area contributed by atoms with Crippen molar-refractivity contribution in [1.82, 2.24) is 20.4 Å². The van der Waals surface area contributed by atoms with Crippen LogP contribution in [0.3, 0.4) is 0 Å². The number of aromatic nitrogens is 2. The predicted molar refractivity (Wildman–Crippen MR) is 115 cm³/mol. The number of rotatable bonds is 7. The molecule has 2 amide bonds. The number of carbonyl (C=O) groups is 3. The quantitative estimate of drug-likeness (QED) is 0.474. The Morgan fingerprint density at radius 2 is 2.07 bits per heavy atom. The first kappa shape index (κ1) is 20.9. The number of carbonyl (C=O) groups excluding carboxylic acids is 2. The molecule has 2 N–H and O–H groups in total. The minimum absolute atomic E-state index is 0.0195. The molecule has 1 aromatic carbocycles. The highest BCUT2D eigenvalue weighted by Gasteiger charge is 2.54. The first-order chi connectivity index (χ1) is 14.4. The van der Waals surface area contributed by atoms with E-state index < -0.39 is 17.4 Å². The molecule has 1 fully saturated rings. The van der Waals surface area contributed by atoms with Gasteiger partial charge in [-0.15, -0.1) is 22.0 Å². The summed E-state index contributed by atoms with van der Waals surface area (Å²) in [5.74, 6) is -0.878. The number of thioether (sulfide) groups is 2. The predicted octanol–water partition coefficient (Wildman–Crippen LogP) is 1.92. The molecular formula is C19H18N4O4S3. The largest absolute Gasteiger partial charge is 0.477 e. The van der Waals surface area contributed by atoms with Crippen molar-refractivity contribution in [1.29, 1.82) is 0 Å². The van der Waals surface area contributed by atoms with Gasteiger partial charge in [0.05, 0.1) is 6.42 Å². The molecule has 2 unspecified atom stereocenters. The molecule has 156 valence electrons. The fourth-order valence-corrected chi connectivity index (χ4v) is 6.59. The van der Waals surface area contributed by atoms with Crippen LogP contribution >= 0.6 is 34.9 Å². The van der Waals surface area contributed by atoms with Gasteiger partial charge in [0, 0.05) is 11.5 Å². The van der Waals surface area contributed by atoms with E-state index in [0.29, 0.717) is 17.1 Å². The molecular weight excluding hydrogens is 444 g/mol. The SMILES string of the molecule is Cc1nnc(SCC2=C(C(=O)O)N3C(=O)C(NC(=O)Cc4ccccc4)C3SC2)s1. The number of aliphatic carboxylic acids is 1. The number of nitrogens with zero attached hydrogens (tertiary/aromatic N) is 3. The van der Waals surface area contributed by atoms with Gasteiger partial charge in [-0.2, -0.15) is 0 Å². The number of nitrogens with one attached hydrogen (secondary N) is 1. The summed E-state index contributed by atoms with van der Waals surface area (Å²) in [4.78, 5) is 38.2. The number of amides is 2. The van der Waals surface area contributed by atoms with E-state index in [2.05, 4.69) is 15.5 Å². The number of fused-ring (bicyclic) bond motifs is 1. The van der Waals surface area contributed by atoms with Crippen LogP contribution in [-0.4, -0.2) is 60.9 Å². The topological polar surface area (TPSA) is 112 Å². The minimum atomic E-state index is -1.13. The lowest BCUT2D eigenvalue weighted by Gasteiger charge is -2.49. The third-order valence-corrected chi connectivity index (χ3v) is 8.05. The summed E-state index contributed by atoms with van der Waals surface area (Å²) in [6, 6.07) is 8.55. The first-order valence-corrected chi connectivity index (χ1v) is 12.0.